The average Bonchev–Trinajstić information content (AvgIpc) is 2.95. The molecule has 1 heterocycles. The number of carbonyl (C=O) groups is 1. The quantitative estimate of drug-likeness (QED) is 0.483. The molecule has 0 unspecified atom stereocenters. The maximum Gasteiger partial charge on any atom is 0.179 e. The van der Waals surface area contributed by atoms with Crippen molar-refractivity contribution in [2.24, 2.45) is 0 Å². The summed E-state index contributed by atoms with van der Waals surface area (Å²) in [5.74, 6) is 0.0183. The molecule has 3 rings (SSSR count). The molecule has 2 aromatic carbocycles. The molecule has 0 aliphatic carbocycles. The van der Waals surface area contributed by atoms with Gasteiger partial charge in [-0.1, -0.05) is 48.5 Å². The standard InChI is InChI=1S/C18H18N2O2/c21-11-10-19-12-16(22)17-14-8-4-5-9-15(14)20-18(17)13-6-2-1-3-7-13/h1-9,19-21H,10-12H2. The summed E-state index contributed by atoms with van der Waals surface area (Å²) in [5.41, 5.74) is 3.49. The van der Waals surface area contributed by atoms with Crippen LogP contribution in [0, 0.1) is 0 Å². The second-order valence-corrected chi connectivity index (χ2v) is 5.11. The number of hydrogen-bond donors (Lipinski definition) is 3. The van der Waals surface area contributed by atoms with Gasteiger partial charge in [0.05, 0.1) is 24.4 Å². The molecule has 0 atom stereocenters. The lowest BCUT2D eigenvalue weighted by Crippen LogP contribution is -2.26. The molecule has 0 saturated heterocycles. The van der Waals surface area contributed by atoms with Crippen LogP contribution in [0.2, 0.25) is 0 Å². The number of Topliss-reactive ketones (excluding diaryl/α,β-unsaturated/α-hetero) is 1. The van der Waals surface area contributed by atoms with Crippen LogP contribution in [-0.2, 0) is 0 Å². The van der Waals surface area contributed by atoms with E-state index in [1.165, 1.54) is 0 Å². The Labute approximate surface area is 128 Å². The van der Waals surface area contributed by atoms with Crippen LogP contribution in [0.15, 0.2) is 54.6 Å². The van der Waals surface area contributed by atoms with Crippen molar-refractivity contribution in [3.63, 3.8) is 0 Å². The molecule has 4 heteroatoms. The van der Waals surface area contributed by atoms with E-state index < -0.39 is 0 Å². The minimum atomic E-state index is 0.0183. The number of ketones is 1. The van der Waals surface area contributed by atoms with E-state index in [1.807, 2.05) is 54.6 Å². The summed E-state index contributed by atoms with van der Waals surface area (Å²) in [4.78, 5) is 16.0. The van der Waals surface area contributed by atoms with Crippen LogP contribution < -0.4 is 5.32 Å². The summed E-state index contributed by atoms with van der Waals surface area (Å²) in [6, 6.07) is 17.7. The Kier molecular flexibility index (Phi) is 4.32. The van der Waals surface area contributed by atoms with E-state index in [9.17, 15) is 4.79 Å². The van der Waals surface area contributed by atoms with Crippen molar-refractivity contribution < 1.29 is 9.90 Å². The first-order valence-electron chi connectivity index (χ1n) is 7.32. The second-order valence-electron chi connectivity index (χ2n) is 5.11. The van der Waals surface area contributed by atoms with Crippen LogP contribution in [0.5, 0.6) is 0 Å². The number of carbonyl (C=O) groups excluding carboxylic acids is 1. The number of hydrogen-bond acceptors (Lipinski definition) is 3. The number of aromatic amines is 1. The van der Waals surface area contributed by atoms with E-state index in [1.54, 1.807) is 0 Å². The average molecular weight is 294 g/mol. The van der Waals surface area contributed by atoms with E-state index in [4.69, 9.17) is 5.11 Å². The molecule has 0 aliphatic heterocycles. The Hall–Kier alpha value is -2.43. The summed E-state index contributed by atoms with van der Waals surface area (Å²) >= 11 is 0. The van der Waals surface area contributed by atoms with E-state index in [2.05, 4.69) is 10.3 Å². The summed E-state index contributed by atoms with van der Waals surface area (Å²) < 4.78 is 0. The third-order valence-corrected chi connectivity index (χ3v) is 3.62. The molecule has 0 fully saturated rings. The van der Waals surface area contributed by atoms with Gasteiger partial charge in [0.2, 0.25) is 0 Å². The SMILES string of the molecule is O=C(CNCCO)c1c(-c2ccccc2)[nH]c2ccccc12. The Morgan fingerprint density at radius 2 is 1.77 bits per heavy atom. The molecule has 0 spiro atoms. The van der Waals surface area contributed by atoms with Crippen LogP contribution in [0.4, 0.5) is 0 Å². The van der Waals surface area contributed by atoms with Crippen molar-refractivity contribution in [3.05, 3.63) is 60.2 Å². The van der Waals surface area contributed by atoms with Gasteiger partial charge in [0.1, 0.15) is 0 Å². The van der Waals surface area contributed by atoms with Crippen molar-refractivity contribution in [2.45, 2.75) is 0 Å². The predicted molar refractivity (Wildman–Crippen MR) is 88.0 cm³/mol. The summed E-state index contributed by atoms with van der Waals surface area (Å²) in [6.07, 6.45) is 0. The highest BCUT2D eigenvalue weighted by atomic mass is 16.3. The van der Waals surface area contributed by atoms with Crippen LogP contribution in [0.3, 0.4) is 0 Å². The van der Waals surface area contributed by atoms with Crippen LogP contribution in [-0.4, -0.2) is 35.6 Å². The van der Waals surface area contributed by atoms with Gasteiger partial charge < -0.3 is 15.4 Å². The van der Waals surface area contributed by atoms with Crippen molar-refractivity contribution in [3.8, 4) is 11.3 Å². The fraction of sp³-hybridized carbons (Fsp3) is 0.167. The number of rotatable bonds is 6. The summed E-state index contributed by atoms with van der Waals surface area (Å²) in [7, 11) is 0. The molecule has 3 aromatic rings. The molecular formula is C18H18N2O2. The summed E-state index contributed by atoms with van der Waals surface area (Å²) in [5, 5.41) is 12.7. The smallest absolute Gasteiger partial charge is 0.179 e. The minimum Gasteiger partial charge on any atom is -0.395 e. The Morgan fingerprint density at radius 1 is 1.05 bits per heavy atom. The first kappa shape index (κ1) is 14.5. The zero-order valence-electron chi connectivity index (χ0n) is 12.2. The van der Waals surface area contributed by atoms with E-state index >= 15 is 0 Å². The maximum atomic E-state index is 12.6. The van der Waals surface area contributed by atoms with Crippen molar-refractivity contribution >= 4 is 16.7 Å². The minimum absolute atomic E-state index is 0.0183. The molecule has 4 nitrogen and oxygen atoms in total. The number of aliphatic hydroxyl groups excluding tert-OH is 1. The molecule has 22 heavy (non-hydrogen) atoms. The second kappa shape index (κ2) is 6.56. The molecule has 112 valence electrons. The van der Waals surface area contributed by atoms with Gasteiger partial charge >= 0.3 is 0 Å². The van der Waals surface area contributed by atoms with E-state index in [0.29, 0.717) is 12.1 Å². The lowest BCUT2D eigenvalue weighted by atomic mass is 10.0. The zero-order valence-corrected chi connectivity index (χ0v) is 12.2. The number of para-hydroxylation sites is 1. The highest BCUT2D eigenvalue weighted by Crippen LogP contribution is 2.30. The van der Waals surface area contributed by atoms with Crippen molar-refractivity contribution in [1.29, 1.82) is 0 Å². The van der Waals surface area contributed by atoms with Gasteiger partial charge in [-0.15, -0.1) is 0 Å². The Morgan fingerprint density at radius 3 is 2.55 bits per heavy atom. The normalized spacial score (nSPS) is 11.0. The molecule has 1 aromatic heterocycles. The topological polar surface area (TPSA) is 65.1 Å². The van der Waals surface area contributed by atoms with Crippen LogP contribution in [0.25, 0.3) is 22.2 Å². The third-order valence-electron chi connectivity index (χ3n) is 3.62. The Balaban J connectivity index is 2.07. The fourth-order valence-corrected chi connectivity index (χ4v) is 2.62. The molecule has 0 aliphatic rings. The van der Waals surface area contributed by atoms with Gasteiger partial charge in [-0.2, -0.15) is 0 Å². The molecule has 3 N–H and O–H groups in total. The number of aliphatic hydroxyl groups is 1. The number of benzene rings is 2. The van der Waals surface area contributed by atoms with E-state index in [0.717, 1.165) is 22.2 Å². The zero-order chi connectivity index (χ0) is 15.4. The van der Waals surface area contributed by atoms with Crippen LogP contribution >= 0.6 is 0 Å². The molecular weight excluding hydrogens is 276 g/mol. The molecule has 0 amide bonds. The third kappa shape index (κ3) is 2.79. The van der Waals surface area contributed by atoms with Gasteiger partial charge in [-0.05, 0) is 11.6 Å². The van der Waals surface area contributed by atoms with Gasteiger partial charge in [-0.25, -0.2) is 0 Å². The van der Waals surface area contributed by atoms with Gasteiger partial charge in [-0.3, -0.25) is 4.79 Å². The Bertz CT molecular complexity index is 778. The molecule has 0 saturated carbocycles. The molecule has 0 bridgehead atoms. The van der Waals surface area contributed by atoms with Crippen LogP contribution in [0.1, 0.15) is 10.4 Å². The highest BCUT2D eigenvalue weighted by Gasteiger charge is 2.18. The monoisotopic (exact) mass is 294 g/mol. The van der Waals surface area contributed by atoms with Gasteiger partial charge in [0, 0.05) is 17.4 Å². The van der Waals surface area contributed by atoms with Crippen molar-refractivity contribution in [1.82, 2.24) is 10.3 Å². The number of H-pyrrole nitrogens is 1. The fourth-order valence-electron chi connectivity index (χ4n) is 2.62. The van der Waals surface area contributed by atoms with E-state index in [-0.39, 0.29) is 18.9 Å². The first-order chi connectivity index (χ1) is 10.8. The lowest BCUT2D eigenvalue weighted by Gasteiger charge is -2.05. The molecule has 0 radical (unpaired) electrons. The van der Waals surface area contributed by atoms with Gasteiger partial charge in [0.25, 0.3) is 0 Å². The largest absolute Gasteiger partial charge is 0.395 e. The number of aromatic nitrogens is 1. The maximum absolute atomic E-state index is 12.6. The summed E-state index contributed by atoms with van der Waals surface area (Å²) in [6.45, 7) is 0.643. The number of nitrogens with one attached hydrogen (secondary N) is 2. The lowest BCUT2D eigenvalue weighted by molar-refractivity contribution is 0.0992. The first-order valence-corrected chi connectivity index (χ1v) is 7.32. The highest BCUT2D eigenvalue weighted by molar-refractivity contribution is 6.14. The number of fused-ring (bicyclic) bond motifs is 1. The van der Waals surface area contributed by atoms with Crippen molar-refractivity contribution in [2.75, 3.05) is 19.7 Å². The predicted octanol–water partition coefficient (Wildman–Crippen LogP) is 2.60. The van der Waals surface area contributed by atoms with Gasteiger partial charge in [0.15, 0.2) is 5.78 Å².